The number of nitrogens with one attached hydrogen (secondary N) is 1. The van der Waals surface area contributed by atoms with E-state index < -0.39 is 38.7 Å². The van der Waals surface area contributed by atoms with E-state index in [4.69, 9.17) is 10.8 Å². The van der Waals surface area contributed by atoms with Crippen molar-refractivity contribution in [1.82, 2.24) is 0 Å². The van der Waals surface area contributed by atoms with Gasteiger partial charge in [0.1, 0.15) is 5.69 Å². The van der Waals surface area contributed by atoms with Crippen LogP contribution < -0.4 is 10.5 Å². The summed E-state index contributed by atoms with van der Waals surface area (Å²) in [5.74, 6) is -1.43. The third-order valence-corrected chi connectivity index (χ3v) is 2.24. The molecule has 0 spiro atoms. The summed E-state index contributed by atoms with van der Waals surface area (Å²) in [5, 5.41) is 19.3. The standard InChI is InChI=1S/C7H7N3O6S/c8-6-4(9-17(15)16)1-3(7(11)12)2-5(6)10(13)14/h1-2,17H,8H2,(H,11,12)(H,9,15,16). The summed E-state index contributed by atoms with van der Waals surface area (Å²) in [5.41, 5.74) is 3.44. The molecule has 1 rings (SSSR count). The molecule has 0 atom stereocenters. The maximum atomic E-state index is 10.7. The van der Waals surface area contributed by atoms with Crippen LogP contribution in [0.4, 0.5) is 17.1 Å². The average molecular weight is 261 g/mol. The molecular formula is C7H7N3O6S. The Morgan fingerprint density at radius 3 is 2.47 bits per heavy atom. The van der Waals surface area contributed by atoms with Crippen molar-refractivity contribution < 1.29 is 23.2 Å². The number of benzene rings is 1. The van der Waals surface area contributed by atoms with Gasteiger partial charge in [-0.3, -0.25) is 14.8 Å². The summed E-state index contributed by atoms with van der Waals surface area (Å²) < 4.78 is 22.7. The fourth-order valence-corrected chi connectivity index (χ4v) is 1.49. The highest BCUT2D eigenvalue weighted by molar-refractivity contribution is 7.73. The number of anilines is 2. The van der Waals surface area contributed by atoms with Gasteiger partial charge in [0, 0.05) is 6.07 Å². The molecule has 10 heteroatoms. The lowest BCUT2D eigenvalue weighted by Gasteiger charge is -2.06. The van der Waals surface area contributed by atoms with Crippen molar-refractivity contribution in [2.45, 2.75) is 0 Å². The largest absolute Gasteiger partial charge is 0.478 e. The van der Waals surface area contributed by atoms with E-state index in [0.717, 1.165) is 12.1 Å². The van der Waals surface area contributed by atoms with Gasteiger partial charge in [-0.05, 0) is 6.07 Å². The fourth-order valence-electron chi connectivity index (χ4n) is 1.10. The Morgan fingerprint density at radius 2 is 2.06 bits per heavy atom. The number of nitrogen functional groups attached to an aromatic ring is 1. The molecule has 1 aromatic carbocycles. The molecule has 17 heavy (non-hydrogen) atoms. The number of hydrogen-bond donors (Lipinski definition) is 4. The Morgan fingerprint density at radius 1 is 1.47 bits per heavy atom. The average Bonchev–Trinajstić information content (AvgIpc) is 2.19. The first-order valence-corrected chi connectivity index (χ1v) is 5.23. The molecule has 0 amide bonds. The van der Waals surface area contributed by atoms with Gasteiger partial charge >= 0.3 is 5.97 Å². The van der Waals surface area contributed by atoms with Gasteiger partial charge in [-0.15, -0.1) is 0 Å². The van der Waals surface area contributed by atoms with E-state index in [1.165, 1.54) is 0 Å². The Kier molecular flexibility index (Phi) is 3.48. The minimum Gasteiger partial charge on any atom is -0.478 e. The molecule has 0 fully saturated rings. The first-order valence-electron chi connectivity index (χ1n) is 4.05. The molecule has 9 nitrogen and oxygen atoms in total. The second-order valence-corrected chi connectivity index (χ2v) is 3.63. The van der Waals surface area contributed by atoms with Gasteiger partial charge in [0.05, 0.1) is 16.2 Å². The molecule has 1 aromatic rings. The number of carbonyl (C=O) groups is 1. The van der Waals surface area contributed by atoms with E-state index in [1.54, 1.807) is 0 Å². The van der Waals surface area contributed by atoms with Crippen LogP contribution in [0.2, 0.25) is 0 Å². The lowest BCUT2D eigenvalue weighted by molar-refractivity contribution is -0.383. The van der Waals surface area contributed by atoms with E-state index in [-0.39, 0.29) is 5.69 Å². The Bertz CT molecular complexity index is 559. The summed E-state index contributed by atoms with van der Waals surface area (Å²) in [6.45, 7) is 0. The van der Waals surface area contributed by atoms with Crippen molar-refractivity contribution in [3.05, 3.63) is 27.8 Å². The predicted octanol–water partition coefficient (Wildman–Crippen LogP) is -0.187. The molecule has 0 radical (unpaired) electrons. The summed E-state index contributed by atoms with van der Waals surface area (Å²) in [6, 6.07) is 1.65. The number of hydrogen-bond acceptors (Lipinski definition) is 6. The predicted molar refractivity (Wildman–Crippen MR) is 58.4 cm³/mol. The van der Waals surface area contributed by atoms with Crippen molar-refractivity contribution in [2.24, 2.45) is 0 Å². The van der Waals surface area contributed by atoms with E-state index in [2.05, 4.69) is 0 Å². The van der Waals surface area contributed by atoms with E-state index in [0.29, 0.717) is 0 Å². The van der Waals surface area contributed by atoms with Crippen LogP contribution in [-0.2, 0) is 10.9 Å². The van der Waals surface area contributed by atoms with E-state index in [9.17, 15) is 23.3 Å². The molecule has 0 aliphatic rings. The van der Waals surface area contributed by atoms with Crippen molar-refractivity contribution in [2.75, 3.05) is 10.5 Å². The normalized spacial score (nSPS) is 10.2. The van der Waals surface area contributed by atoms with Crippen LogP contribution in [-0.4, -0.2) is 24.4 Å². The maximum absolute atomic E-state index is 10.7. The molecule has 4 N–H and O–H groups in total. The van der Waals surface area contributed by atoms with Crippen LogP contribution in [0, 0.1) is 10.1 Å². The zero-order chi connectivity index (χ0) is 13.2. The lowest BCUT2D eigenvalue weighted by atomic mass is 10.1. The number of nitro benzene ring substituents is 1. The van der Waals surface area contributed by atoms with Crippen LogP contribution in [0.25, 0.3) is 0 Å². The zero-order valence-electron chi connectivity index (χ0n) is 8.11. The van der Waals surface area contributed by atoms with Crippen molar-refractivity contribution in [3.63, 3.8) is 0 Å². The topological polar surface area (TPSA) is 153 Å². The number of carboxylic acid groups (broad SMARTS) is 1. The second kappa shape index (κ2) is 4.65. The highest BCUT2D eigenvalue weighted by atomic mass is 32.2. The lowest BCUT2D eigenvalue weighted by Crippen LogP contribution is -2.06. The highest BCUT2D eigenvalue weighted by Gasteiger charge is 2.20. The van der Waals surface area contributed by atoms with Crippen LogP contribution in [0.3, 0.4) is 0 Å². The molecule has 0 saturated carbocycles. The number of aromatic carboxylic acids is 1. The minimum atomic E-state index is -3.10. The number of nitrogens with two attached hydrogens (primary N) is 1. The molecule has 92 valence electrons. The van der Waals surface area contributed by atoms with Gasteiger partial charge in [-0.25, -0.2) is 13.2 Å². The summed E-state index contributed by atoms with van der Waals surface area (Å²) in [7, 11) is -3.10. The number of nitro groups is 1. The van der Waals surface area contributed by atoms with Crippen LogP contribution in [0.15, 0.2) is 12.1 Å². The summed E-state index contributed by atoms with van der Waals surface area (Å²) >= 11 is 0. The Balaban J connectivity index is 3.47. The summed E-state index contributed by atoms with van der Waals surface area (Å²) in [4.78, 5) is 20.4. The fraction of sp³-hybridized carbons (Fsp3) is 0. The molecule has 0 aliphatic heterocycles. The van der Waals surface area contributed by atoms with Crippen LogP contribution in [0.5, 0.6) is 0 Å². The SMILES string of the molecule is Nc1c(N[SH](=O)=O)cc(C(=O)O)cc1[N+](=O)[O-]. The van der Waals surface area contributed by atoms with E-state index >= 15 is 0 Å². The van der Waals surface area contributed by atoms with Gasteiger partial charge in [0.25, 0.3) is 5.69 Å². The molecule has 0 unspecified atom stereocenters. The van der Waals surface area contributed by atoms with Crippen molar-refractivity contribution in [1.29, 1.82) is 0 Å². The number of thiol groups is 1. The first kappa shape index (κ1) is 12.7. The van der Waals surface area contributed by atoms with Crippen molar-refractivity contribution >= 4 is 33.9 Å². The molecule has 0 aromatic heterocycles. The van der Waals surface area contributed by atoms with Gasteiger partial charge in [-0.2, -0.15) is 0 Å². The number of nitrogens with zero attached hydrogens (tertiary/aromatic N) is 1. The first-order chi connectivity index (χ1) is 7.82. The third-order valence-electron chi connectivity index (χ3n) is 1.81. The highest BCUT2D eigenvalue weighted by Crippen LogP contribution is 2.31. The number of rotatable bonds is 4. The van der Waals surface area contributed by atoms with Crippen LogP contribution >= 0.6 is 0 Å². The van der Waals surface area contributed by atoms with Crippen molar-refractivity contribution in [3.8, 4) is 0 Å². The summed E-state index contributed by atoms with van der Waals surface area (Å²) in [6.07, 6.45) is 0. The number of carboxylic acids is 1. The smallest absolute Gasteiger partial charge is 0.336 e. The van der Waals surface area contributed by atoms with Gasteiger partial charge in [0.2, 0.25) is 10.9 Å². The monoisotopic (exact) mass is 261 g/mol. The van der Waals surface area contributed by atoms with Crippen LogP contribution in [0.1, 0.15) is 10.4 Å². The van der Waals surface area contributed by atoms with E-state index in [1.807, 2.05) is 4.72 Å². The van der Waals surface area contributed by atoms with Gasteiger partial charge < -0.3 is 10.8 Å². The zero-order valence-corrected chi connectivity index (χ0v) is 9.01. The molecule has 0 heterocycles. The molecule has 0 saturated heterocycles. The Labute approximate surface area is 96.1 Å². The van der Waals surface area contributed by atoms with Gasteiger partial charge in [-0.1, -0.05) is 0 Å². The Hall–Kier alpha value is -2.36. The quantitative estimate of drug-likeness (QED) is 0.253. The second-order valence-electron chi connectivity index (χ2n) is 2.89. The third kappa shape index (κ3) is 2.81. The molecule has 0 bridgehead atoms. The molecular weight excluding hydrogens is 254 g/mol. The maximum Gasteiger partial charge on any atom is 0.336 e. The molecule has 0 aliphatic carbocycles. The van der Waals surface area contributed by atoms with Gasteiger partial charge in [0.15, 0.2) is 0 Å². The minimum absolute atomic E-state index is 0.340.